The molecule has 1 saturated heterocycles. The van der Waals surface area contributed by atoms with Crippen LogP contribution < -0.4 is 0 Å². The number of carbonyl (C=O) groups is 1. The number of esters is 1. The maximum atomic E-state index is 12.3. The fourth-order valence-corrected chi connectivity index (χ4v) is 9.72. The minimum atomic E-state index is -0.952. The van der Waals surface area contributed by atoms with Gasteiger partial charge in [-0.2, -0.15) is 0 Å². The normalized spacial score (nSPS) is 54.6. The second-order valence-corrected chi connectivity index (χ2v) is 12.3. The first-order chi connectivity index (χ1) is 13.0. The highest BCUT2D eigenvalue weighted by molar-refractivity contribution is 5.91. The first-order valence-corrected chi connectivity index (χ1v) is 11.6. The number of allylic oxidation sites excluding steroid dienone is 1. The summed E-state index contributed by atoms with van der Waals surface area (Å²) in [6, 6.07) is 0. The molecule has 0 aromatic heterocycles. The van der Waals surface area contributed by atoms with Gasteiger partial charge in [0.25, 0.3) is 0 Å². The molecule has 5 rings (SSSR count). The molecule has 0 radical (unpaired) electrons. The van der Waals surface area contributed by atoms with Crippen LogP contribution in [0.1, 0.15) is 86.0 Å². The molecule has 1 heterocycles. The Hall–Kier alpha value is -0.830. The SMILES string of the molecule is CC1(C)CCC[C@]2(C)[C@H]3CC[C@@]4(C)[C@@H](CC=C5C(=O)O[C@@H](O)[C@@H]54)[C@]3(C)CC[C@@H]12. The second-order valence-electron chi connectivity index (χ2n) is 12.3. The van der Waals surface area contributed by atoms with Crippen LogP contribution in [0.15, 0.2) is 11.6 Å². The monoisotopic (exact) mass is 386 g/mol. The Bertz CT molecular complexity index is 738. The molecule has 156 valence electrons. The summed E-state index contributed by atoms with van der Waals surface area (Å²) in [6.45, 7) is 12.5. The lowest BCUT2D eigenvalue weighted by molar-refractivity contribution is -0.213. The molecule has 5 aliphatic rings. The van der Waals surface area contributed by atoms with Gasteiger partial charge >= 0.3 is 5.97 Å². The van der Waals surface area contributed by atoms with Crippen molar-refractivity contribution in [3.8, 4) is 0 Å². The lowest BCUT2D eigenvalue weighted by Gasteiger charge is -2.69. The number of cyclic esters (lactones) is 1. The van der Waals surface area contributed by atoms with E-state index in [2.05, 4.69) is 40.7 Å². The molecule has 3 nitrogen and oxygen atoms in total. The molecule has 28 heavy (non-hydrogen) atoms. The van der Waals surface area contributed by atoms with E-state index in [0.29, 0.717) is 22.2 Å². The van der Waals surface area contributed by atoms with Crippen molar-refractivity contribution in [1.82, 2.24) is 0 Å². The fraction of sp³-hybridized carbons (Fsp3) is 0.880. The van der Waals surface area contributed by atoms with Gasteiger partial charge in [0.05, 0.1) is 5.92 Å². The Balaban J connectivity index is 1.56. The van der Waals surface area contributed by atoms with Gasteiger partial charge in [0, 0.05) is 5.57 Å². The van der Waals surface area contributed by atoms with Crippen LogP contribution in [-0.2, 0) is 9.53 Å². The highest BCUT2D eigenvalue weighted by Gasteiger charge is 2.67. The van der Waals surface area contributed by atoms with Crippen molar-refractivity contribution in [2.75, 3.05) is 0 Å². The summed E-state index contributed by atoms with van der Waals surface area (Å²) in [5, 5.41) is 10.6. The number of hydrogen-bond donors (Lipinski definition) is 1. The molecule has 8 atom stereocenters. The largest absolute Gasteiger partial charge is 0.432 e. The van der Waals surface area contributed by atoms with E-state index in [4.69, 9.17) is 4.74 Å². The molecular weight excluding hydrogens is 348 g/mol. The van der Waals surface area contributed by atoms with Crippen molar-refractivity contribution in [3.63, 3.8) is 0 Å². The maximum absolute atomic E-state index is 12.3. The molecule has 0 aromatic carbocycles. The van der Waals surface area contributed by atoms with Crippen LogP contribution in [0.4, 0.5) is 0 Å². The topological polar surface area (TPSA) is 46.5 Å². The predicted octanol–water partition coefficient (Wildman–Crippen LogP) is 5.47. The second kappa shape index (κ2) is 5.65. The van der Waals surface area contributed by atoms with E-state index in [9.17, 15) is 9.90 Å². The number of fused-ring (bicyclic) bond motifs is 7. The van der Waals surface area contributed by atoms with E-state index >= 15 is 0 Å². The zero-order valence-electron chi connectivity index (χ0n) is 18.4. The molecule has 3 heteroatoms. The molecule has 0 amide bonds. The number of rotatable bonds is 0. The van der Waals surface area contributed by atoms with E-state index in [-0.39, 0.29) is 17.3 Å². The Morgan fingerprint density at radius 2 is 1.54 bits per heavy atom. The number of aliphatic hydroxyl groups is 1. The summed E-state index contributed by atoms with van der Waals surface area (Å²) in [6.07, 6.45) is 11.2. The summed E-state index contributed by atoms with van der Waals surface area (Å²) in [7, 11) is 0. The third-order valence-electron chi connectivity index (χ3n) is 10.8. The predicted molar refractivity (Wildman–Crippen MR) is 109 cm³/mol. The molecule has 3 saturated carbocycles. The van der Waals surface area contributed by atoms with Gasteiger partial charge in [-0.15, -0.1) is 0 Å². The Morgan fingerprint density at radius 1 is 0.893 bits per heavy atom. The van der Waals surface area contributed by atoms with Gasteiger partial charge in [-0.1, -0.05) is 47.1 Å². The first kappa shape index (κ1) is 19.2. The standard InChI is InChI=1S/C25H38O3/c1-22(2)11-6-12-23(3)16(22)9-13-24(4)17-8-7-15-19(21(27)28-20(15)26)25(17,5)14-10-18(23)24/h7,16-19,21,27H,6,8-14H2,1-5H3/t16-,17-,18+,19+,21+,23-,24-,25-/m0/s1. The lowest BCUT2D eigenvalue weighted by Crippen LogP contribution is -2.62. The molecule has 4 fully saturated rings. The molecule has 0 aromatic rings. The van der Waals surface area contributed by atoms with Gasteiger partial charge < -0.3 is 9.84 Å². The van der Waals surface area contributed by atoms with Crippen LogP contribution in [0.2, 0.25) is 0 Å². The van der Waals surface area contributed by atoms with E-state index in [1.807, 2.05) is 0 Å². The zero-order chi connectivity index (χ0) is 20.1. The van der Waals surface area contributed by atoms with E-state index < -0.39 is 6.29 Å². The van der Waals surface area contributed by atoms with Crippen LogP contribution in [-0.4, -0.2) is 17.4 Å². The summed E-state index contributed by atoms with van der Waals surface area (Å²) in [4.78, 5) is 12.3. The van der Waals surface area contributed by atoms with Gasteiger partial charge in [-0.3, -0.25) is 0 Å². The maximum Gasteiger partial charge on any atom is 0.336 e. The summed E-state index contributed by atoms with van der Waals surface area (Å²) in [5.41, 5.74) is 1.90. The summed E-state index contributed by atoms with van der Waals surface area (Å²) in [5.74, 6) is 1.69. The van der Waals surface area contributed by atoms with Crippen molar-refractivity contribution in [2.45, 2.75) is 92.3 Å². The molecule has 4 aliphatic carbocycles. The number of carbonyl (C=O) groups excluding carboxylic acids is 1. The number of ether oxygens (including phenoxy) is 1. The van der Waals surface area contributed by atoms with Gasteiger partial charge in [0.1, 0.15) is 0 Å². The minimum Gasteiger partial charge on any atom is -0.432 e. The van der Waals surface area contributed by atoms with Crippen LogP contribution in [0, 0.1) is 45.3 Å². The Kier molecular flexibility index (Phi) is 3.86. The summed E-state index contributed by atoms with van der Waals surface area (Å²) < 4.78 is 5.27. The highest BCUT2D eigenvalue weighted by Crippen LogP contribution is 2.73. The lowest BCUT2D eigenvalue weighted by atomic mass is 9.35. The molecule has 1 N–H and O–H groups in total. The molecule has 0 bridgehead atoms. The number of hydrogen-bond acceptors (Lipinski definition) is 3. The molecule has 0 spiro atoms. The first-order valence-electron chi connectivity index (χ1n) is 11.6. The van der Waals surface area contributed by atoms with Gasteiger partial charge in [-0.25, -0.2) is 4.79 Å². The van der Waals surface area contributed by atoms with Crippen molar-refractivity contribution < 1.29 is 14.6 Å². The van der Waals surface area contributed by atoms with E-state index in [0.717, 1.165) is 30.3 Å². The van der Waals surface area contributed by atoms with Crippen LogP contribution in [0.25, 0.3) is 0 Å². The average Bonchev–Trinajstić information content (AvgIpc) is 2.88. The molecular formula is C25H38O3. The average molecular weight is 387 g/mol. The van der Waals surface area contributed by atoms with E-state index in [1.54, 1.807) is 0 Å². The van der Waals surface area contributed by atoms with Crippen molar-refractivity contribution >= 4 is 5.97 Å². The third kappa shape index (κ3) is 2.18. The van der Waals surface area contributed by atoms with Gasteiger partial charge in [-0.05, 0) is 84.4 Å². The highest BCUT2D eigenvalue weighted by atomic mass is 16.6. The van der Waals surface area contributed by atoms with E-state index in [1.165, 1.54) is 38.5 Å². The fourth-order valence-electron chi connectivity index (χ4n) is 9.72. The minimum absolute atomic E-state index is 0.0334. The smallest absolute Gasteiger partial charge is 0.336 e. The van der Waals surface area contributed by atoms with Crippen LogP contribution >= 0.6 is 0 Å². The Labute approximate surface area is 170 Å². The molecule has 0 unspecified atom stereocenters. The van der Waals surface area contributed by atoms with Gasteiger partial charge in [0.15, 0.2) is 0 Å². The van der Waals surface area contributed by atoms with Crippen molar-refractivity contribution in [1.29, 1.82) is 0 Å². The van der Waals surface area contributed by atoms with Crippen LogP contribution in [0.5, 0.6) is 0 Å². The van der Waals surface area contributed by atoms with Crippen molar-refractivity contribution in [3.05, 3.63) is 11.6 Å². The number of aliphatic hydroxyl groups excluding tert-OH is 1. The van der Waals surface area contributed by atoms with Gasteiger partial charge in [0.2, 0.25) is 6.29 Å². The molecule has 1 aliphatic heterocycles. The van der Waals surface area contributed by atoms with Crippen molar-refractivity contribution in [2.24, 2.45) is 45.3 Å². The quantitative estimate of drug-likeness (QED) is 0.561. The van der Waals surface area contributed by atoms with Crippen LogP contribution in [0.3, 0.4) is 0 Å². The Morgan fingerprint density at radius 3 is 2.29 bits per heavy atom. The third-order valence-corrected chi connectivity index (χ3v) is 10.8. The zero-order valence-corrected chi connectivity index (χ0v) is 18.4. The summed E-state index contributed by atoms with van der Waals surface area (Å²) >= 11 is 0.